The average molecular weight is 332 g/mol. The standard InChI is InChI=1S/C17H24N4O3/c1-19(2)16(22)11-23-10-15-17-14(18-12-20(17)3)6-7-21(15)9-13-5-4-8-24-13/h4-5,8,12,15H,6-7,9-11H2,1-3H3. The molecule has 0 radical (unpaired) electrons. The normalized spacial score (nSPS) is 17.7. The molecule has 3 rings (SSSR count). The van der Waals surface area contributed by atoms with Crippen LogP contribution in [0.4, 0.5) is 0 Å². The second-order valence-corrected chi connectivity index (χ2v) is 6.31. The second-order valence-electron chi connectivity index (χ2n) is 6.31. The van der Waals surface area contributed by atoms with Crippen LogP contribution in [-0.4, -0.2) is 59.1 Å². The molecule has 0 aliphatic carbocycles. The van der Waals surface area contributed by atoms with Gasteiger partial charge in [-0.3, -0.25) is 9.69 Å². The van der Waals surface area contributed by atoms with Crippen LogP contribution in [0.1, 0.15) is 23.2 Å². The summed E-state index contributed by atoms with van der Waals surface area (Å²) in [6.45, 7) is 2.14. The molecule has 0 N–H and O–H groups in total. The van der Waals surface area contributed by atoms with Gasteiger partial charge in [0.25, 0.3) is 0 Å². The van der Waals surface area contributed by atoms with Gasteiger partial charge in [0, 0.05) is 34.1 Å². The summed E-state index contributed by atoms with van der Waals surface area (Å²) in [5, 5.41) is 0. The van der Waals surface area contributed by atoms with Crippen LogP contribution in [0.3, 0.4) is 0 Å². The molecule has 7 nitrogen and oxygen atoms in total. The maximum atomic E-state index is 11.7. The maximum absolute atomic E-state index is 11.7. The van der Waals surface area contributed by atoms with Gasteiger partial charge in [-0.2, -0.15) is 0 Å². The average Bonchev–Trinajstić information content (AvgIpc) is 3.19. The number of furan rings is 1. The monoisotopic (exact) mass is 332 g/mol. The molecule has 2 aromatic heterocycles. The van der Waals surface area contributed by atoms with E-state index in [1.54, 1.807) is 20.4 Å². The van der Waals surface area contributed by atoms with Crippen LogP contribution in [0.15, 0.2) is 29.1 Å². The van der Waals surface area contributed by atoms with Crippen molar-refractivity contribution < 1.29 is 13.9 Å². The van der Waals surface area contributed by atoms with Crippen LogP contribution in [0.5, 0.6) is 0 Å². The molecule has 0 spiro atoms. The highest BCUT2D eigenvalue weighted by atomic mass is 16.5. The van der Waals surface area contributed by atoms with Crippen LogP contribution < -0.4 is 0 Å². The highest BCUT2D eigenvalue weighted by Crippen LogP contribution is 2.30. The van der Waals surface area contributed by atoms with Gasteiger partial charge in [0.2, 0.25) is 5.91 Å². The molecule has 24 heavy (non-hydrogen) atoms. The predicted octanol–water partition coefficient (Wildman–Crippen LogP) is 1.22. The van der Waals surface area contributed by atoms with E-state index in [4.69, 9.17) is 9.15 Å². The molecule has 2 aromatic rings. The molecule has 1 unspecified atom stereocenters. The highest BCUT2D eigenvalue weighted by molar-refractivity contribution is 5.76. The number of imidazole rings is 1. The summed E-state index contributed by atoms with van der Waals surface area (Å²) in [4.78, 5) is 20.1. The van der Waals surface area contributed by atoms with Gasteiger partial charge in [-0.25, -0.2) is 4.98 Å². The van der Waals surface area contributed by atoms with E-state index < -0.39 is 0 Å². The van der Waals surface area contributed by atoms with E-state index in [0.717, 1.165) is 30.1 Å². The van der Waals surface area contributed by atoms with Crippen molar-refractivity contribution >= 4 is 5.91 Å². The Kier molecular flexibility index (Phi) is 5.01. The minimum atomic E-state index is -0.0337. The third-order valence-corrected chi connectivity index (χ3v) is 4.39. The van der Waals surface area contributed by atoms with E-state index in [-0.39, 0.29) is 18.6 Å². The van der Waals surface area contributed by atoms with Crippen molar-refractivity contribution in [3.8, 4) is 0 Å². The number of ether oxygens (including phenoxy) is 1. The largest absolute Gasteiger partial charge is 0.468 e. The molecule has 0 bridgehead atoms. The number of amides is 1. The molecule has 1 atom stereocenters. The fourth-order valence-electron chi connectivity index (χ4n) is 3.05. The number of rotatable bonds is 6. The molecule has 7 heteroatoms. The van der Waals surface area contributed by atoms with Crippen molar-refractivity contribution in [2.45, 2.75) is 19.0 Å². The number of carbonyl (C=O) groups excluding carboxylic acids is 1. The van der Waals surface area contributed by atoms with Gasteiger partial charge in [-0.15, -0.1) is 0 Å². The van der Waals surface area contributed by atoms with Crippen LogP contribution >= 0.6 is 0 Å². The van der Waals surface area contributed by atoms with E-state index in [0.29, 0.717) is 13.2 Å². The molecule has 0 fully saturated rings. The number of aryl methyl sites for hydroxylation is 1. The number of hydrogen-bond acceptors (Lipinski definition) is 5. The van der Waals surface area contributed by atoms with Crippen molar-refractivity contribution in [2.75, 3.05) is 33.9 Å². The molecule has 1 aliphatic rings. The Hall–Kier alpha value is -2.12. The zero-order valence-corrected chi connectivity index (χ0v) is 14.4. The Bertz CT molecular complexity index is 678. The molecule has 1 amide bonds. The first-order chi connectivity index (χ1) is 11.6. The lowest BCUT2D eigenvalue weighted by molar-refractivity contribution is -0.134. The molecule has 130 valence electrons. The number of nitrogens with zero attached hydrogens (tertiary/aromatic N) is 4. The fourth-order valence-corrected chi connectivity index (χ4v) is 3.05. The Labute approximate surface area is 141 Å². The maximum Gasteiger partial charge on any atom is 0.248 e. The molecular formula is C17H24N4O3. The molecule has 0 saturated carbocycles. The Morgan fingerprint density at radius 2 is 2.33 bits per heavy atom. The van der Waals surface area contributed by atoms with E-state index in [1.165, 1.54) is 4.90 Å². The summed E-state index contributed by atoms with van der Waals surface area (Å²) >= 11 is 0. The van der Waals surface area contributed by atoms with Gasteiger partial charge in [0.15, 0.2) is 0 Å². The zero-order chi connectivity index (χ0) is 17.1. The summed E-state index contributed by atoms with van der Waals surface area (Å²) in [6, 6.07) is 3.93. The number of aromatic nitrogens is 2. The molecule has 3 heterocycles. The summed E-state index contributed by atoms with van der Waals surface area (Å²) < 4.78 is 13.3. The minimum Gasteiger partial charge on any atom is -0.468 e. The fraction of sp³-hybridized carbons (Fsp3) is 0.529. The van der Waals surface area contributed by atoms with E-state index in [1.807, 2.05) is 30.1 Å². The highest BCUT2D eigenvalue weighted by Gasteiger charge is 2.31. The first-order valence-electron chi connectivity index (χ1n) is 8.10. The van der Waals surface area contributed by atoms with Crippen molar-refractivity contribution in [3.63, 3.8) is 0 Å². The number of carbonyl (C=O) groups is 1. The summed E-state index contributed by atoms with van der Waals surface area (Å²) in [7, 11) is 5.46. The molecule has 0 aromatic carbocycles. The second kappa shape index (κ2) is 7.19. The van der Waals surface area contributed by atoms with Crippen LogP contribution in [-0.2, 0) is 29.5 Å². The van der Waals surface area contributed by atoms with Crippen molar-refractivity contribution in [3.05, 3.63) is 41.9 Å². The Balaban J connectivity index is 1.73. The van der Waals surface area contributed by atoms with Crippen molar-refractivity contribution in [1.82, 2.24) is 19.4 Å². The molecule has 0 saturated heterocycles. The van der Waals surface area contributed by atoms with Gasteiger partial charge in [-0.1, -0.05) is 0 Å². The minimum absolute atomic E-state index is 0.0337. The zero-order valence-electron chi connectivity index (χ0n) is 14.4. The van der Waals surface area contributed by atoms with Gasteiger partial charge in [-0.05, 0) is 12.1 Å². The SMILES string of the molecule is CN(C)C(=O)COCC1c2c(ncn2C)CCN1Cc1ccco1. The lowest BCUT2D eigenvalue weighted by Gasteiger charge is -2.35. The Morgan fingerprint density at radius 1 is 1.50 bits per heavy atom. The Morgan fingerprint density at radius 3 is 3.04 bits per heavy atom. The lowest BCUT2D eigenvalue weighted by atomic mass is 10.0. The molecular weight excluding hydrogens is 308 g/mol. The van der Waals surface area contributed by atoms with Gasteiger partial charge in [0.1, 0.15) is 12.4 Å². The third-order valence-electron chi connectivity index (χ3n) is 4.39. The van der Waals surface area contributed by atoms with Crippen LogP contribution in [0.2, 0.25) is 0 Å². The van der Waals surface area contributed by atoms with Crippen molar-refractivity contribution in [1.29, 1.82) is 0 Å². The number of fused-ring (bicyclic) bond motifs is 1. The third kappa shape index (κ3) is 3.52. The van der Waals surface area contributed by atoms with E-state index in [2.05, 4.69) is 9.88 Å². The molecule has 1 aliphatic heterocycles. The quantitative estimate of drug-likeness (QED) is 0.796. The number of hydrogen-bond donors (Lipinski definition) is 0. The summed E-state index contributed by atoms with van der Waals surface area (Å²) in [6.07, 6.45) is 4.44. The predicted molar refractivity (Wildman–Crippen MR) is 88.3 cm³/mol. The van der Waals surface area contributed by atoms with Crippen molar-refractivity contribution in [2.24, 2.45) is 7.05 Å². The first-order valence-corrected chi connectivity index (χ1v) is 8.10. The number of likely N-dealkylation sites (N-methyl/N-ethyl adjacent to an activating group) is 1. The topological polar surface area (TPSA) is 63.7 Å². The van der Waals surface area contributed by atoms with Gasteiger partial charge in [0.05, 0.1) is 43.2 Å². The smallest absolute Gasteiger partial charge is 0.248 e. The van der Waals surface area contributed by atoms with Crippen LogP contribution in [0.25, 0.3) is 0 Å². The van der Waals surface area contributed by atoms with E-state index >= 15 is 0 Å². The van der Waals surface area contributed by atoms with Gasteiger partial charge >= 0.3 is 0 Å². The summed E-state index contributed by atoms with van der Waals surface area (Å²) in [5.74, 6) is 0.892. The van der Waals surface area contributed by atoms with Gasteiger partial charge < -0.3 is 18.6 Å². The first kappa shape index (κ1) is 16.7. The summed E-state index contributed by atoms with van der Waals surface area (Å²) in [5.41, 5.74) is 2.27. The lowest BCUT2D eigenvalue weighted by Crippen LogP contribution is -2.39. The van der Waals surface area contributed by atoms with Crippen LogP contribution in [0, 0.1) is 0 Å². The van der Waals surface area contributed by atoms with E-state index in [9.17, 15) is 4.79 Å².